The van der Waals surface area contributed by atoms with Crippen molar-refractivity contribution in [2.45, 2.75) is 64.5 Å². The monoisotopic (exact) mass is 366 g/mol. The number of carbonyl (C=O) groups is 2. The molecule has 138 valence electrons. The number of nitrogens with one attached hydrogen (secondary N) is 1. The number of esters is 1. The van der Waals surface area contributed by atoms with Gasteiger partial charge >= 0.3 is 12.1 Å². The molecule has 1 saturated carbocycles. The highest BCUT2D eigenvalue weighted by molar-refractivity contribution is 7.16. The number of fused-ring (bicyclic) bond motifs is 1. The van der Waals surface area contributed by atoms with E-state index in [1.807, 2.05) is 20.8 Å². The predicted molar refractivity (Wildman–Crippen MR) is 96.8 cm³/mol. The fraction of sp³-hybridized carbons (Fsp3) is 0.667. The van der Waals surface area contributed by atoms with E-state index in [1.165, 1.54) is 11.3 Å². The van der Waals surface area contributed by atoms with Crippen molar-refractivity contribution in [2.24, 2.45) is 5.92 Å². The van der Waals surface area contributed by atoms with Gasteiger partial charge in [-0.2, -0.15) is 0 Å². The van der Waals surface area contributed by atoms with Crippen LogP contribution in [-0.4, -0.2) is 24.3 Å². The van der Waals surface area contributed by atoms with Crippen molar-refractivity contribution < 1.29 is 19.1 Å². The van der Waals surface area contributed by atoms with Gasteiger partial charge in [0.05, 0.1) is 18.2 Å². The first-order valence-corrected chi connectivity index (χ1v) is 9.64. The number of alkyl carbamates (subject to hydrolysis) is 1. The van der Waals surface area contributed by atoms with E-state index >= 15 is 0 Å². The van der Waals surface area contributed by atoms with Gasteiger partial charge in [0.25, 0.3) is 0 Å². The van der Waals surface area contributed by atoms with Crippen LogP contribution in [0.15, 0.2) is 0 Å². The van der Waals surface area contributed by atoms with Gasteiger partial charge in [-0.1, -0.05) is 0 Å². The van der Waals surface area contributed by atoms with E-state index in [2.05, 4.69) is 5.32 Å². The zero-order chi connectivity index (χ0) is 18.2. The lowest BCUT2D eigenvalue weighted by Gasteiger charge is -2.26. The standard InChI is InChI=1S/C18H26N2O4S/c1-18(2,3)24-17(22)20-12-6-4-5-11-13(15(19)25-14(11)12)16(21)23-9-10-7-8-10/h10,12H,4-9,19H2,1-3H3,(H,20,22). The first-order valence-electron chi connectivity index (χ1n) is 8.82. The van der Waals surface area contributed by atoms with Crippen molar-refractivity contribution in [2.75, 3.05) is 12.3 Å². The van der Waals surface area contributed by atoms with Crippen LogP contribution >= 0.6 is 11.3 Å². The molecule has 2 aliphatic rings. The van der Waals surface area contributed by atoms with Crippen LogP contribution in [0.25, 0.3) is 0 Å². The van der Waals surface area contributed by atoms with Crippen LogP contribution in [0.4, 0.5) is 9.80 Å². The minimum atomic E-state index is -0.548. The maximum atomic E-state index is 12.4. The van der Waals surface area contributed by atoms with Crippen molar-refractivity contribution in [1.29, 1.82) is 0 Å². The van der Waals surface area contributed by atoms with Gasteiger partial charge in [0.1, 0.15) is 10.6 Å². The van der Waals surface area contributed by atoms with Crippen molar-refractivity contribution >= 4 is 28.4 Å². The Bertz CT molecular complexity index is 673. The number of anilines is 1. The third-order valence-electron chi connectivity index (χ3n) is 4.34. The second-order valence-electron chi connectivity index (χ2n) is 7.82. The number of ether oxygens (including phenoxy) is 2. The Balaban J connectivity index is 1.74. The number of nitrogens with two attached hydrogens (primary N) is 1. The Kier molecular flexibility index (Phi) is 4.95. The molecular formula is C18H26N2O4S. The summed E-state index contributed by atoms with van der Waals surface area (Å²) in [5, 5.41) is 3.39. The van der Waals surface area contributed by atoms with Crippen molar-refractivity contribution in [3.8, 4) is 0 Å². The molecule has 6 nitrogen and oxygen atoms in total. The maximum absolute atomic E-state index is 12.4. The van der Waals surface area contributed by atoms with E-state index in [1.54, 1.807) is 0 Å². The Labute approximate surface area is 152 Å². The highest BCUT2D eigenvalue weighted by Gasteiger charge is 2.33. The second-order valence-corrected chi connectivity index (χ2v) is 8.90. The molecule has 7 heteroatoms. The molecule has 0 aromatic carbocycles. The average Bonchev–Trinajstić information content (AvgIpc) is 3.25. The van der Waals surface area contributed by atoms with Crippen LogP contribution in [0.2, 0.25) is 0 Å². The number of thiophene rings is 1. The second kappa shape index (κ2) is 6.86. The van der Waals surface area contributed by atoms with Crippen LogP contribution in [0.5, 0.6) is 0 Å². The lowest BCUT2D eigenvalue weighted by atomic mass is 9.92. The van der Waals surface area contributed by atoms with Crippen molar-refractivity contribution in [3.05, 3.63) is 16.0 Å². The Hall–Kier alpha value is -1.76. The molecular weight excluding hydrogens is 340 g/mol. The molecule has 3 N–H and O–H groups in total. The summed E-state index contributed by atoms with van der Waals surface area (Å²) in [7, 11) is 0. The lowest BCUT2D eigenvalue weighted by Crippen LogP contribution is -2.35. The van der Waals surface area contributed by atoms with Crippen molar-refractivity contribution in [1.82, 2.24) is 5.32 Å². The molecule has 0 saturated heterocycles. The number of carbonyl (C=O) groups excluding carboxylic acids is 2. The summed E-state index contributed by atoms with van der Waals surface area (Å²) in [6, 6.07) is -0.170. The van der Waals surface area contributed by atoms with E-state index in [4.69, 9.17) is 15.2 Å². The fourth-order valence-electron chi connectivity index (χ4n) is 3.01. The summed E-state index contributed by atoms with van der Waals surface area (Å²) in [5.41, 5.74) is 6.99. The van der Waals surface area contributed by atoms with Crippen LogP contribution in [-0.2, 0) is 15.9 Å². The van der Waals surface area contributed by atoms with Crippen molar-refractivity contribution in [3.63, 3.8) is 0 Å². The van der Waals surface area contributed by atoms with Gasteiger partial charge in [-0.3, -0.25) is 0 Å². The molecule has 1 unspecified atom stereocenters. The minimum Gasteiger partial charge on any atom is -0.462 e. The van der Waals surface area contributed by atoms with Crippen LogP contribution < -0.4 is 11.1 Å². The zero-order valence-electron chi connectivity index (χ0n) is 15.0. The molecule has 0 radical (unpaired) electrons. The Morgan fingerprint density at radius 3 is 2.64 bits per heavy atom. The van der Waals surface area contributed by atoms with Gasteiger partial charge in [-0.05, 0) is 64.4 Å². The molecule has 1 atom stereocenters. The van der Waals surface area contributed by atoms with E-state index in [0.717, 1.165) is 42.5 Å². The number of hydrogen-bond donors (Lipinski definition) is 2. The molecule has 25 heavy (non-hydrogen) atoms. The smallest absolute Gasteiger partial charge is 0.408 e. The van der Waals surface area contributed by atoms with E-state index in [0.29, 0.717) is 23.1 Å². The average molecular weight is 366 g/mol. The van der Waals surface area contributed by atoms with Gasteiger partial charge in [-0.15, -0.1) is 11.3 Å². The molecule has 3 rings (SSSR count). The van der Waals surface area contributed by atoms with E-state index < -0.39 is 11.7 Å². The first kappa shape index (κ1) is 18.0. The lowest BCUT2D eigenvalue weighted by molar-refractivity contribution is 0.0485. The molecule has 1 amide bonds. The first-order chi connectivity index (χ1) is 11.7. The largest absolute Gasteiger partial charge is 0.462 e. The molecule has 1 aromatic heterocycles. The number of amides is 1. The SMILES string of the molecule is CC(C)(C)OC(=O)NC1CCCc2c1sc(N)c2C(=O)OCC1CC1. The molecule has 0 aliphatic heterocycles. The zero-order valence-corrected chi connectivity index (χ0v) is 15.8. The van der Waals surface area contributed by atoms with E-state index in [-0.39, 0.29) is 12.0 Å². The van der Waals surface area contributed by atoms with E-state index in [9.17, 15) is 9.59 Å². The third kappa shape index (κ3) is 4.45. The molecule has 0 spiro atoms. The molecule has 1 aromatic rings. The van der Waals surface area contributed by atoms with Crippen LogP contribution in [0.3, 0.4) is 0 Å². The van der Waals surface area contributed by atoms with Gasteiger partial charge < -0.3 is 20.5 Å². The van der Waals surface area contributed by atoms with Gasteiger partial charge in [0.2, 0.25) is 0 Å². The predicted octanol–water partition coefficient (Wildman–Crippen LogP) is 3.80. The number of hydrogen-bond acceptors (Lipinski definition) is 6. The summed E-state index contributed by atoms with van der Waals surface area (Å²) in [5.74, 6) is 0.182. The Morgan fingerprint density at radius 1 is 1.28 bits per heavy atom. The summed E-state index contributed by atoms with van der Waals surface area (Å²) in [6.07, 6.45) is 4.28. The van der Waals surface area contributed by atoms with Gasteiger partial charge in [0, 0.05) is 4.88 Å². The summed E-state index contributed by atoms with van der Waals surface area (Å²) in [4.78, 5) is 25.5. The summed E-state index contributed by atoms with van der Waals surface area (Å²) >= 11 is 1.37. The van der Waals surface area contributed by atoms with Gasteiger partial charge in [0.15, 0.2) is 0 Å². The summed E-state index contributed by atoms with van der Waals surface area (Å²) in [6.45, 7) is 5.96. The highest BCUT2D eigenvalue weighted by atomic mass is 32.1. The maximum Gasteiger partial charge on any atom is 0.408 e. The van der Waals surface area contributed by atoms with Gasteiger partial charge in [-0.25, -0.2) is 9.59 Å². The summed E-state index contributed by atoms with van der Waals surface area (Å²) < 4.78 is 10.8. The molecule has 1 heterocycles. The quantitative estimate of drug-likeness (QED) is 0.791. The molecule has 0 bridgehead atoms. The fourth-order valence-corrected chi connectivity index (χ4v) is 4.20. The molecule has 1 fully saturated rings. The number of rotatable bonds is 4. The van der Waals surface area contributed by atoms with Crippen LogP contribution in [0, 0.1) is 5.92 Å². The van der Waals surface area contributed by atoms with Crippen LogP contribution in [0.1, 0.15) is 73.3 Å². The third-order valence-corrected chi connectivity index (χ3v) is 5.52. The normalized spacial score (nSPS) is 19.9. The Morgan fingerprint density at radius 2 is 2.00 bits per heavy atom. The highest BCUT2D eigenvalue weighted by Crippen LogP contribution is 2.42. The number of nitrogen functional groups attached to an aromatic ring is 1. The topological polar surface area (TPSA) is 90.6 Å². The molecule has 2 aliphatic carbocycles. The minimum absolute atomic E-state index is 0.170.